The number of anilines is 1. The van der Waals surface area contributed by atoms with Crippen molar-refractivity contribution in [1.82, 2.24) is 9.88 Å². The van der Waals surface area contributed by atoms with Crippen LogP contribution >= 0.6 is 0 Å². The molecule has 0 bridgehead atoms. The molecule has 4 nitrogen and oxygen atoms in total. The normalized spacial score (nSPS) is 17.1. The minimum atomic E-state index is -0.240. The summed E-state index contributed by atoms with van der Waals surface area (Å²) in [5.41, 5.74) is 1.70. The summed E-state index contributed by atoms with van der Waals surface area (Å²) in [4.78, 5) is 18.8. The number of aromatic nitrogens is 1. The fraction of sp³-hybridized carbons (Fsp3) is 0.368. The van der Waals surface area contributed by atoms with Crippen LogP contribution in [0.2, 0.25) is 0 Å². The summed E-state index contributed by atoms with van der Waals surface area (Å²) in [6, 6.07) is 10.7. The van der Waals surface area contributed by atoms with Gasteiger partial charge in [0.1, 0.15) is 11.6 Å². The molecule has 2 aromatic rings. The second kappa shape index (κ2) is 7.43. The summed E-state index contributed by atoms with van der Waals surface area (Å²) >= 11 is 0. The number of amides is 1. The van der Waals surface area contributed by atoms with Crippen molar-refractivity contribution in [2.45, 2.75) is 31.7 Å². The average Bonchev–Trinajstić information content (AvgIpc) is 3.11. The van der Waals surface area contributed by atoms with Crippen molar-refractivity contribution in [3.8, 4) is 0 Å². The number of rotatable bonds is 5. The summed E-state index contributed by atoms with van der Waals surface area (Å²) in [5.74, 6) is 0.651. The van der Waals surface area contributed by atoms with Gasteiger partial charge in [0.2, 0.25) is 5.91 Å². The molecule has 0 saturated carbocycles. The molecule has 126 valence electrons. The van der Waals surface area contributed by atoms with Crippen LogP contribution in [0.1, 0.15) is 36.4 Å². The van der Waals surface area contributed by atoms with Gasteiger partial charge in [0.05, 0.1) is 6.04 Å². The van der Waals surface area contributed by atoms with E-state index in [1.54, 1.807) is 24.4 Å². The van der Waals surface area contributed by atoms with E-state index in [1.807, 2.05) is 24.1 Å². The first-order valence-electron chi connectivity index (χ1n) is 8.35. The van der Waals surface area contributed by atoms with Crippen LogP contribution in [0.4, 0.5) is 10.2 Å². The van der Waals surface area contributed by atoms with Gasteiger partial charge in [-0.05, 0) is 48.6 Å². The minimum Gasteiger partial charge on any atom is -0.373 e. The Morgan fingerprint density at radius 2 is 2.21 bits per heavy atom. The van der Waals surface area contributed by atoms with Crippen LogP contribution < -0.4 is 5.32 Å². The summed E-state index contributed by atoms with van der Waals surface area (Å²) in [7, 11) is 1.83. The summed E-state index contributed by atoms with van der Waals surface area (Å²) in [5, 5.41) is 3.03. The van der Waals surface area contributed by atoms with Gasteiger partial charge in [-0.3, -0.25) is 4.79 Å². The van der Waals surface area contributed by atoms with Gasteiger partial charge in [-0.2, -0.15) is 0 Å². The number of hydrogen-bond donors (Lipinski definition) is 1. The first-order valence-corrected chi connectivity index (χ1v) is 8.35. The van der Waals surface area contributed by atoms with Gasteiger partial charge in [0.15, 0.2) is 0 Å². The highest BCUT2D eigenvalue weighted by Gasteiger charge is 2.29. The van der Waals surface area contributed by atoms with Crippen LogP contribution in [0.5, 0.6) is 0 Å². The van der Waals surface area contributed by atoms with Gasteiger partial charge < -0.3 is 10.2 Å². The Kier molecular flexibility index (Phi) is 5.08. The molecule has 0 aliphatic carbocycles. The molecule has 1 amide bonds. The molecule has 1 aromatic carbocycles. The molecule has 0 spiro atoms. The molecule has 0 unspecified atom stereocenters. The Morgan fingerprint density at radius 1 is 1.38 bits per heavy atom. The number of hydrogen-bond acceptors (Lipinski definition) is 3. The Hall–Kier alpha value is -2.43. The predicted octanol–water partition coefficient (Wildman–Crippen LogP) is 3.56. The molecule has 1 fully saturated rings. The quantitative estimate of drug-likeness (QED) is 0.913. The van der Waals surface area contributed by atoms with Crippen LogP contribution in [-0.4, -0.2) is 29.4 Å². The SMILES string of the molecule is CNc1cc([C@@H]2CCCN2C(=O)CCc2ccccc2F)ccn1. The molecule has 1 saturated heterocycles. The van der Waals surface area contributed by atoms with Gasteiger partial charge in [0, 0.05) is 26.2 Å². The lowest BCUT2D eigenvalue weighted by molar-refractivity contribution is -0.132. The zero-order valence-electron chi connectivity index (χ0n) is 13.8. The molecule has 1 aliphatic rings. The lowest BCUT2D eigenvalue weighted by Gasteiger charge is -2.25. The van der Waals surface area contributed by atoms with Gasteiger partial charge >= 0.3 is 0 Å². The second-order valence-corrected chi connectivity index (χ2v) is 6.06. The molecule has 24 heavy (non-hydrogen) atoms. The monoisotopic (exact) mass is 327 g/mol. The highest BCUT2D eigenvalue weighted by Crippen LogP contribution is 2.33. The lowest BCUT2D eigenvalue weighted by Crippen LogP contribution is -2.30. The number of benzene rings is 1. The molecule has 1 N–H and O–H groups in total. The molecular weight excluding hydrogens is 305 g/mol. The van der Waals surface area contributed by atoms with Gasteiger partial charge in [-0.15, -0.1) is 0 Å². The third-order valence-corrected chi connectivity index (χ3v) is 4.56. The molecule has 5 heteroatoms. The molecular formula is C19H22FN3O. The molecule has 0 radical (unpaired) electrons. The Balaban J connectivity index is 1.68. The minimum absolute atomic E-state index is 0.0866. The molecule has 1 aromatic heterocycles. The summed E-state index contributed by atoms with van der Waals surface area (Å²) < 4.78 is 13.7. The van der Waals surface area contributed by atoms with E-state index in [0.717, 1.165) is 30.8 Å². The number of pyridine rings is 1. The summed E-state index contributed by atoms with van der Waals surface area (Å²) in [6.45, 7) is 0.762. The predicted molar refractivity (Wildman–Crippen MR) is 92.2 cm³/mol. The van der Waals surface area contributed by atoms with E-state index in [9.17, 15) is 9.18 Å². The largest absolute Gasteiger partial charge is 0.373 e. The zero-order valence-corrected chi connectivity index (χ0v) is 13.8. The van der Waals surface area contributed by atoms with Gasteiger partial charge in [-0.25, -0.2) is 9.37 Å². The first kappa shape index (κ1) is 16.4. The maximum absolute atomic E-state index is 13.7. The number of carbonyl (C=O) groups is 1. The number of likely N-dealkylation sites (tertiary alicyclic amines) is 1. The lowest BCUT2D eigenvalue weighted by atomic mass is 10.0. The Bertz CT molecular complexity index is 719. The van der Waals surface area contributed by atoms with Crippen molar-refractivity contribution >= 4 is 11.7 Å². The maximum Gasteiger partial charge on any atom is 0.223 e. The number of nitrogens with zero attached hydrogens (tertiary/aromatic N) is 2. The van der Waals surface area contributed by atoms with Crippen LogP contribution in [0, 0.1) is 5.82 Å². The molecule has 1 aliphatic heterocycles. The van der Waals surface area contributed by atoms with Crippen molar-refractivity contribution in [3.05, 3.63) is 59.5 Å². The number of halogens is 1. The van der Waals surface area contributed by atoms with E-state index in [4.69, 9.17) is 0 Å². The number of carbonyl (C=O) groups excluding carboxylic acids is 1. The summed E-state index contributed by atoms with van der Waals surface area (Å²) in [6.07, 6.45) is 4.49. The van der Waals surface area contributed by atoms with Crippen molar-refractivity contribution in [1.29, 1.82) is 0 Å². The third-order valence-electron chi connectivity index (χ3n) is 4.56. The van der Waals surface area contributed by atoms with E-state index in [0.29, 0.717) is 18.4 Å². The second-order valence-electron chi connectivity index (χ2n) is 6.06. The van der Waals surface area contributed by atoms with E-state index in [2.05, 4.69) is 10.3 Å². The van der Waals surface area contributed by atoms with Crippen molar-refractivity contribution in [2.24, 2.45) is 0 Å². The first-order chi connectivity index (χ1) is 11.7. The molecule has 2 heterocycles. The fourth-order valence-corrected chi connectivity index (χ4v) is 3.29. The van der Waals surface area contributed by atoms with Crippen LogP contribution in [0.3, 0.4) is 0 Å². The molecule has 1 atom stereocenters. The fourth-order valence-electron chi connectivity index (χ4n) is 3.29. The van der Waals surface area contributed by atoms with Crippen molar-refractivity contribution in [2.75, 3.05) is 18.9 Å². The average molecular weight is 327 g/mol. The zero-order chi connectivity index (χ0) is 16.9. The highest BCUT2D eigenvalue weighted by molar-refractivity contribution is 5.77. The van der Waals surface area contributed by atoms with E-state index in [1.165, 1.54) is 6.07 Å². The molecule has 3 rings (SSSR count). The topological polar surface area (TPSA) is 45.2 Å². The van der Waals surface area contributed by atoms with E-state index < -0.39 is 0 Å². The van der Waals surface area contributed by atoms with Crippen molar-refractivity contribution in [3.63, 3.8) is 0 Å². The Labute approximate surface area is 141 Å². The maximum atomic E-state index is 13.7. The van der Waals surface area contributed by atoms with Gasteiger partial charge in [0.25, 0.3) is 0 Å². The van der Waals surface area contributed by atoms with Crippen LogP contribution in [0.15, 0.2) is 42.6 Å². The van der Waals surface area contributed by atoms with E-state index in [-0.39, 0.29) is 17.8 Å². The van der Waals surface area contributed by atoms with Crippen LogP contribution in [0.25, 0.3) is 0 Å². The third kappa shape index (κ3) is 3.55. The number of aryl methyl sites for hydroxylation is 1. The highest BCUT2D eigenvalue weighted by atomic mass is 19.1. The Morgan fingerprint density at radius 3 is 3.00 bits per heavy atom. The number of nitrogens with one attached hydrogen (secondary N) is 1. The van der Waals surface area contributed by atoms with Crippen LogP contribution in [-0.2, 0) is 11.2 Å². The standard InChI is InChI=1S/C19H22FN3O/c1-21-18-13-15(10-11-22-18)17-7-4-12-23(17)19(24)9-8-14-5-2-3-6-16(14)20/h2-3,5-6,10-11,13,17H,4,7-9,12H2,1H3,(H,21,22)/t17-/m0/s1. The van der Waals surface area contributed by atoms with Crippen molar-refractivity contribution < 1.29 is 9.18 Å². The smallest absolute Gasteiger partial charge is 0.223 e. The van der Waals surface area contributed by atoms with Gasteiger partial charge in [-0.1, -0.05) is 18.2 Å². The van der Waals surface area contributed by atoms with E-state index >= 15 is 0 Å².